The molecule has 0 aromatic heterocycles. The van der Waals surface area contributed by atoms with Crippen LogP contribution in [0.2, 0.25) is 0 Å². The average molecular weight is 275 g/mol. The monoisotopic (exact) mass is 275 g/mol. The zero-order valence-electron chi connectivity index (χ0n) is 13.4. The minimum Gasteiger partial charge on any atom is -0.497 e. The Morgan fingerprint density at radius 2 is 1.75 bits per heavy atom. The molecule has 0 aliphatic heterocycles. The molecule has 1 aliphatic rings. The number of benzene rings is 1. The summed E-state index contributed by atoms with van der Waals surface area (Å²) in [6, 6.07) is 9.93. The van der Waals surface area contributed by atoms with Crippen molar-refractivity contribution in [1.82, 2.24) is 5.32 Å². The molecule has 2 rings (SSSR count). The van der Waals surface area contributed by atoms with Crippen LogP contribution in [0.5, 0.6) is 5.75 Å². The van der Waals surface area contributed by atoms with E-state index in [4.69, 9.17) is 4.74 Å². The topological polar surface area (TPSA) is 21.3 Å². The SMILES string of the molecule is COc1ccc(C2CC(NC(C)CCC(C)C)C2)cc1. The van der Waals surface area contributed by atoms with E-state index in [0.717, 1.165) is 17.6 Å². The zero-order valence-corrected chi connectivity index (χ0v) is 13.4. The molecule has 1 aliphatic carbocycles. The molecular formula is C18H29NO. The van der Waals surface area contributed by atoms with E-state index in [-0.39, 0.29) is 0 Å². The molecule has 0 saturated heterocycles. The molecule has 0 spiro atoms. The Kier molecular flexibility index (Phi) is 5.47. The summed E-state index contributed by atoms with van der Waals surface area (Å²) in [6.45, 7) is 6.93. The highest BCUT2D eigenvalue weighted by molar-refractivity contribution is 5.30. The second kappa shape index (κ2) is 7.12. The van der Waals surface area contributed by atoms with Gasteiger partial charge in [0.1, 0.15) is 5.75 Å². The van der Waals surface area contributed by atoms with Crippen molar-refractivity contribution in [3.8, 4) is 5.75 Å². The Morgan fingerprint density at radius 3 is 2.30 bits per heavy atom. The number of nitrogens with one attached hydrogen (secondary N) is 1. The summed E-state index contributed by atoms with van der Waals surface area (Å²) in [5, 5.41) is 3.77. The fraction of sp³-hybridized carbons (Fsp3) is 0.667. The van der Waals surface area contributed by atoms with Crippen molar-refractivity contribution in [3.63, 3.8) is 0 Å². The normalized spacial score (nSPS) is 23.4. The van der Waals surface area contributed by atoms with Crippen LogP contribution in [-0.2, 0) is 0 Å². The first-order valence-corrected chi connectivity index (χ1v) is 7.98. The molecule has 1 atom stereocenters. The van der Waals surface area contributed by atoms with Crippen molar-refractivity contribution < 1.29 is 4.74 Å². The average Bonchev–Trinajstić information content (AvgIpc) is 2.40. The van der Waals surface area contributed by atoms with Gasteiger partial charge >= 0.3 is 0 Å². The minimum absolute atomic E-state index is 0.652. The third kappa shape index (κ3) is 4.24. The highest BCUT2D eigenvalue weighted by Gasteiger charge is 2.30. The molecule has 0 bridgehead atoms. The van der Waals surface area contributed by atoms with E-state index in [0.29, 0.717) is 12.1 Å². The molecule has 1 fully saturated rings. The molecule has 0 heterocycles. The van der Waals surface area contributed by atoms with Crippen LogP contribution >= 0.6 is 0 Å². The van der Waals surface area contributed by atoms with Gasteiger partial charge < -0.3 is 10.1 Å². The third-order valence-electron chi connectivity index (χ3n) is 4.42. The Bertz CT molecular complexity index is 392. The Balaban J connectivity index is 1.71. The molecule has 1 aromatic carbocycles. The van der Waals surface area contributed by atoms with E-state index >= 15 is 0 Å². The number of hydrogen-bond donors (Lipinski definition) is 1. The number of methoxy groups -OCH3 is 1. The number of hydrogen-bond acceptors (Lipinski definition) is 2. The van der Waals surface area contributed by atoms with E-state index in [9.17, 15) is 0 Å². The van der Waals surface area contributed by atoms with Crippen molar-refractivity contribution in [2.75, 3.05) is 7.11 Å². The van der Waals surface area contributed by atoms with Crippen LogP contribution in [0, 0.1) is 5.92 Å². The summed E-state index contributed by atoms with van der Waals surface area (Å²) >= 11 is 0. The second-order valence-corrected chi connectivity index (χ2v) is 6.68. The first-order chi connectivity index (χ1) is 9.58. The van der Waals surface area contributed by atoms with Gasteiger partial charge in [0, 0.05) is 12.1 Å². The Morgan fingerprint density at radius 1 is 1.10 bits per heavy atom. The van der Waals surface area contributed by atoms with Gasteiger partial charge in [-0.2, -0.15) is 0 Å². The van der Waals surface area contributed by atoms with Crippen LogP contribution in [-0.4, -0.2) is 19.2 Å². The highest BCUT2D eigenvalue weighted by Crippen LogP contribution is 2.37. The third-order valence-corrected chi connectivity index (χ3v) is 4.42. The summed E-state index contributed by atoms with van der Waals surface area (Å²) in [7, 11) is 1.72. The van der Waals surface area contributed by atoms with Crippen molar-refractivity contribution in [2.24, 2.45) is 5.92 Å². The van der Waals surface area contributed by atoms with Gasteiger partial charge in [0.2, 0.25) is 0 Å². The van der Waals surface area contributed by atoms with E-state index in [1.165, 1.54) is 31.2 Å². The molecule has 112 valence electrons. The smallest absolute Gasteiger partial charge is 0.118 e. The second-order valence-electron chi connectivity index (χ2n) is 6.68. The molecule has 2 nitrogen and oxygen atoms in total. The van der Waals surface area contributed by atoms with E-state index in [2.05, 4.69) is 50.4 Å². The Hall–Kier alpha value is -1.02. The van der Waals surface area contributed by atoms with Crippen molar-refractivity contribution in [3.05, 3.63) is 29.8 Å². The van der Waals surface area contributed by atoms with Crippen LogP contribution in [0.25, 0.3) is 0 Å². The molecule has 0 amide bonds. The molecule has 1 aromatic rings. The van der Waals surface area contributed by atoms with Gasteiger partial charge in [-0.05, 0) is 62.1 Å². The van der Waals surface area contributed by atoms with Crippen molar-refractivity contribution >= 4 is 0 Å². The van der Waals surface area contributed by atoms with Gasteiger partial charge in [0.15, 0.2) is 0 Å². The molecule has 20 heavy (non-hydrogen) atoms. The first kappa shape index (κ1) is 15.4. The number of ether oxygens (including phenoxy) is 1. The summed E-state index contributed by atoms with van der Waals surface area (Å²) < 4.78 is 5.21. The van der Waals surface area contributed by atoms with Crippen molar-refractivity contribution in [2.45, 2.75) is 64.5 Å². The Labute approximate surface area is 123 Å². The fourth-order valence-corrected chi connectivity index (χ4v) is 2.97. The lowest BCUT2D eigenvalue weighted by molar-refractivity contribution is 0.261. The van der Waals surface area contributed by atoms with Crippen LogP contribution in [0.1, 0.15) is 57.9 Å². The van der Waals surface area contributed by atoms with Gasteiger partial charge in [-0.1, -0.05) is 26.0 Å². The molecule has 0 radical (unpaired) electrons. The maximum Gasteiger partial charge on any atom is 0.118 e. The lowest BCUT2D eigenvalue weighted by atomic mass is 9.75. The maximum absolute atomic E-state index is 5.21. The predicted molar refractivity (Wildman–Crippen MR) is 85.4 cm³/mol. The molecule has 1 saturated carbocycles. The summed E-state index contributed by atoms with van der Waals surface area (Å²) in [5.41, 5.74) is 1.46. The summed E-state index contributed by atoms with van der Waals surface area (Å²) in [4.78, 5) is 0. The van der Waals surface area contributed by atoms with E-state index < -0.39 is 0 Å². The van der Waals surface area contributed by atoms with Gasteiger partial charge in [0.05, 0.1) is 7.11 Å². The van der Waals surface area contributed by atoms with Crippen LogP contribution < -0.4 is 10.1 Å². The zero-order chi connectivity index (χ0) is 14.5. The van der Waals surface area contributed by atoms with E-state index in [1.807, 2.05) is 0 Å². The lowest BCUT2D eigenvalue weighted by Gasteiger charge is -2.38. The van der Waals surface area contributed by atoms with Crippen LogP contribution in [0.3, 0.4) is 0 Å². The number of rotatable bonds is 7. The predicted octanol–water partition coefficient (Wildman–Crippen LogP) is 4.36. The van der Waals surface area contributed by atoms with E-state index in [1.54, 1.807) is 7.11 Å². The molecule has 2 heteroatoms. The standard InChI is InChI=1S/C18H29NO/c1-13(2)5-6-14(3)19-17-11-16(12-17)15-7-9-18(20-4)10-8-15/h7-10,13-14,16-17,19H,5-6,11-12H2,1-4H3. The van der Waals surface area contributed by atoms with Gasteiger partial charge in [-0.25, -0.2) is 0 Å². The summed E-state index contributed by atoms with van der Waals surface area (Å²) in [6.07, 6.45) is 5.17. The van der Waals surface area contributed by atoms with Crippen LogP contribution in [0.4, 0.5) is 0 Å². The minimum atomic E-state index is 0.652. The molecule has 1 N–H and O–H groups in total. The largest absolute Gasteiger partial charge is 0.497 e. The summed E-state index contributed by atoms with van der Waals surface area (Å²) in [5.74, 6) is 2.49. The van der Waals surface area contributed by atoms with Gasteiger partial charge in [0.25, 0.3) is 0 Å². The van der Waals surface area contributed by atoms with Gasteiger partial charge in [-0.3, -0.25) is 0 Å². The molecule has 1 unspecified atom stereocenters. The van der Waals surface area contributed by atoms with Gasteiger partial charge in [-0.15, -0.1) is 0 Å². The lowest BCUT2D eigenvalue weighted by Crippen LogP contribution is -2.44. The van der Waals surface area contributed by atoms with Crippen molar-refractivity contribution in [1.29, 1.82) is 0 Å². The highest BCUT2D eigenvalue weighted by atomic mass is 16.5. The first-order valence-electron chi connectivity index (χ1n) is 7.98. The molecular weight excluding hydrogens is 246 g/mol. The van der Waals surface area contributed by atoms with Crippen LogP contribution in [0.15, 0.2) is 24.3 Å². The fourth-order valence-electron chi connectivity index (χ4n) is 2.97. The quantitative estimate of drug-likeness (QED) is 0.798. The maximum atomic E-state index is 5.21.